The van der Waals surface area contributed by atoms with Crippen LogP contribution in [0.1, 0.15) is 44.5 Å². The monoisotopic (exact) mass is 1010 g/mol. The summed E-state index contributed by atoms with van der Waals surface area (Å²) in [7, 11) is 3.46. The lowest BCUT2D eigenvalue weighted by atomic mass is 9.89. The van der Waals surface area contributed by atoms with Gasteiger partial charge in [-0.25, -0.2) is 0 Å². The molecular weight excluding hydrogens is 949 g/mol. The van der Waals surface area contributed by atoms with Crippen molar-refractivity contribution in [2.24, 2.45) is 0 Å². The van der Waals surface area contributed by atoms with E-state index in [4.69, 9.17) is 9.47 Å². The topological polar surface area (TPSA) is 24.9 Å². The maximum absolute atomic E-state index is 5.77. The third-order valence-electron chi connectivity index (χ3n) is 16.2. The highest BCUT2D eigenvalue weighted by atomic mass is 16.5. The van der Waals surface area contributed by atoms with Gasteiger partial charge in [0.1, 0.15) is 11.5 Å². The van der Waals surface area contributed by atoms with Crippen LogP contribution in [-0.4, -0.2) is 14.2 Å². The summed E-state index contributed by atoms with van der Waals surface area (Å²) in [6.07, 6.45) is 0. The third kappa shape index (κ3) is 8.68. The predicted octanol–water partition coefficient (Wildman–Crippen LogP) is 20.7. The second kappa shape index (κ2) is 20.1. The molecule has 78 heavy (non-hydrogen) atoms. The minimum Gasteiger partial charge on any atom is -0.497 e. The Balaban J connectivity index is 1.13. The molecule has 0 N–H and O–H groups in total. The molecule has 382 valence electrons. The molecule has 0 atom stereocenters. The number of rotatable bonds is 12. The van der Waals surface area contributed by atoms with Crippen LogP contribution in [0.3, 0.4) is 0 Å². The minimum absolute atomic E-state index is 0.810. The van der Waals surface area contributed by atoms with Gasteiger partial charge in [0.25, 0.3) is 0 Å². The van der Waals surface area contributed by atoms with Crippen LogP contribution in [-0.2, 0) is 0 Å². The molecule has 0 saturated heterocycles. The fourth-order valence-corrected chi connectivity index (χ4v) is 12.6. The zero-order valence-electron chi connectivity index (χ0n) is 46.3. The lowest BCUT2D eigenvalue weighted by molar-refractivity contribution is 0.414. The van der Waals surface area contributed by atoms with Crippen molar-refractivity contribution in [3.8, 4) is 56.0 Å². The number of hydrogen-bond donors (Lipinski definition) is 0. The van der Waals surface area contributed by atoms with Crippen LogP contribution in [0.15, 0.2) is 206 Å². The Hall–Kier alpha value is -9.12. The first-order chi connectivity index (χ1) is 37.9. The largest absolute Gasteiger partial charge is 0.497 e. The van der Waals surface area contributed by atoms with Crippen LogP contribution in [0.4, 0.5) is 34.1 Å². The Bertz CT molecular complexity index is 3770. The quantitative estimate of drug-likeness (QED) is 0.114. The highest BCUT2D eigenvalue weighted by Gasteiger charge is 2.25. The Morgan fingerprint density at radius 3 is 0.808 bits per heavy atom. The molecule has 12 aromatic rings. The number of anilines is 6. The standard InChI is InChI=1S/C74H64N2O2/c1-45-15-11-16-46(2)69(45)55-39-56(70-47(3)17-12-18-48(70)4)42-61(41-55)75(59-27-31-63(77-9)32-28-59)67-37-25-53-24-36-66-68(38-26-54-23-35-65(67)73(53)74(54)66)76(60-29-33-64(78-10)34-30-60)62-43-57(71-49(5)19-13-20-50(71)6)40-58(44-62)72-51(7)21-14-22-52(72)8/h11-44H,1-10H3. The van der Waals surface area contributed by atoms with Gasteiger partial charge in [-0.05, 0) is 263 Å². The van der Waals surface area contributed by atoms with Gasteiger partial charge in [-0.15, -0.1) is 0 Å². The summed E-state index contributed by atoms with van der Waals surface area (Å²) in [5.41, 5.74) is 26.1. The number of ether oxygens (including phenoxy) is 2. The highest BCUT2D eigenvalue weighted by Crippen LogP contribution is 2.50. The smallest absolute Gasteiger partial charge is 0.119 e. The molecule has 0 aromatic heterocycles. The fourth-order valence-electron chi connectivity index (χ4n) is 12.6. The zero-order chi connectivity index (χ0) is 53.9. The summed E-state index contributed by atoms with van der Waals surface area (Å²) in [5.74, 6) is 1.62. The number of nitrogens with zero attached hydrogens (tertiary/aromatic N) is 2. The molecule has 0 fully saturated rings. The van der Waals surface area contributed by atoms with Crippen molar-refractivity contribution in [3.63, 3.8) is 0 Å². The van der Waals surface area contributed by atoms with E-state index >= 15 is 0 Å². The van der Waals surface area contributed by atoms with Gasteiger partial charge >= 0.3 is 0 Å². The molecule has 4 heteroatoms. The van der Waals surface area contributed by atoms with E-state index in [-0.39, 0.29) is 0 Å². The van der Waals surface area contributed by atoms with E-state index in [2.05, 4.69) is 271 Å². The van der Waals surface area contributed by atoms with E-state index < -0.39 is 0 Å². The van der Waals surface area contributed by atoms with E-state index in [9.17, 15) is 0 Å². The maximum atomic E-state index is 5.77. The maximum Gasteiger partial charge on any atom is 0.119 e. The summed E-state index contributed by atoms with van der Waals surface area (Å²) in [6.45, 7) is 17.8. The van der Waals surface area contributed by atoms with Crippen LogP contribution in [0.5, 0.6) is 11.5 Å². The lowest BCUT2D eigenvalue weighted by Crippen LogP contribution is -2.12. The van der Waals surface area contributed by atoms with Gasteiger partial charge in [0.2, 0.25) is 0 Å². The molecule has 0 unspecified atom stereocenters. The van der Waals surface area contributed by atoms with Crippen molar-refractivity contribution >= 4 is 66.4 Å². The Morgan fingerprint density at radius 2 is 0.538 bits per heavy atom. The predicted molar refractivity (Wildman–Crippen MR) is 332 cm³/mol. The van der Waals surface area contributed by atoms with Gasteiger partial charge in [0.15, 0.2) is 0 Å². The first-order valence-electron chi connectivity index (χ1n) is 27.0. The van der Waals surface area contributed by atoms with Crippen LogP contribution >= 0.6 is 0 Å². The van der Waals surface area contributed by atoms with Crippen LogP contribution in [0.25, 0.3) is 76.8 Å². The second-order valence-corrected chi connectivity index (χ2v) is 21.3. The second-order valence-electron chi connectivity index (χ2n) is 21.3. The fraction of sp³-hybridized carbons (Fsp3) is 0.135. The van der Waals surface area contributed by atoms with Crippen molar-refractivity contribution in [3.05, 3.63) is 251 Å². The van der Waals surface area contributed by atoms with Gasteiger partial charge in [0.05, 0.1) is 25.6 Å². The Morgan fingerprint density at radius 1 is 0.269 bits per heavy atom. The van der Waals surface area contributed by atoms with Crippen molar-refractivity contribution in [2.75, 3.05) is 24.0 Å². The number of benzene rings is 12. The van der Waals surface area contributed by atoms with Crippen LogP contribution in [0.2, 0.25) is 0 Å². The first kappa shape index (κ1) is 49.7. The van der Waals surface area contributed by atoms with Crippen molar-refractivity contribution in [1.29, 1.82) is 0 Å². The van der Waals surface area contributed by atoms with Gasteiger partial charge in [-0.2, -0.15) is 0 Å². The van der Waals surface area contributed by atoms with E-state index in [0.29, 0.717) is 0 Å². The molecule has 0 saturated carbocycles. The molecule has 4 nitrogen and oxygen atoms in total. The van der Waals surface area contributed by atoms with Crippen LogP contribution < -0.4 is 19.3 Å². The SMILES string of the molecule is COc1ccc(N(c2cc(-c3c(C)cccc3C)cc(-c3c(C)cccc3C)c2)c2ccc3ccc4c(N(c5ccc(OC)cc5)c5cc(-c6c(C)cccc6C)cc(-c6c(C)cccc6C)c5)ccc5ccc2c3c54)cc1. The summed E-state index contributed by atoms with van der Waals surface area (Å²) >= 11 is 0. The summed E-state index contributed by atoms with van der Waals surface area (Å²) in [4.78, 5) is 4.91. The van der Waals surface area contributed by atoms with Gasteiger partial charge in [-0.3, -0.25) is 0 Å². The first-order valence-corrected chi connectivity index (χ1v) is 27.0. The number of aryl methyl sites for hydroxylation is 8. The molecule has 0 aliphatic heterocycles. The Labute approximate surface area is 459 Å². The van der Waals surface area contributed by atoms with E-state index in [0.717, 1.165) is 56.4 Å². The summed E-state index contributed by atoms with van der Waals surface area (Å²) < 4.78 is 11.5. The molecular formula is C74H64N2O2. The third-order valence-corrected chi connectivity index (χ3v) is 16.2. The minimum atomic E-state index is 0.810. The van der Waals surface area contributed by atoms with Crippen molar-refractivity contribution < 1.29 is 9.47 Å². The Kier molecular flexibility index (Phi) is 12.8. The van der Waals surface area contributed by atoms with Crippen molar-refractivity contribution in [2.45, 2.75) is 55.4 Å². The summed E-state index contributed by atoms with van der Waals surface area (Å²) in [5, 5.41) is 7.14. The highest BCUT2D eigenvalue weighted by molar-refractivity contribution is 6.28. The normalized spacial score (nSPS) is 11.5. The average Bonchev–Trinajstić information content (AvgIpc) is 3.51. The molecule has 0 bridgehead atoms. The van der Waals surface area contributed by atoms with E-state index in [1.165, 1.54) is 111 Å². The average molecular weight is 1010 g/mol. The molecule has 0 amide bonds. The van der Waals surface area contributed by atoms with Crippen LogP contribution in [0, 0.1) is 55.4 Å². The van der Waals surface area contributed by atoms with Gasteiger partial charge in [-0.1, -0.05) is 109 Å². The molecule has 12 aromatic carbocycles. The van der Waals surface area contributed by atoms with E-state index in [1.54, 1.807) is 14.2 Å². The lowest BCUT2D eigenvalue weighted by Gasteiger charge is -2.30. The zero-order valence-corrected chi connectivity index (χ0v) is 46.3. The van der Waals surface area contributed by atoms with Gasteiger partial charge < -0.3 is 19.3 Å². The molecule has 12 rings (SSSR count). The van der Waals surface area contributed by atoms with E-state index in [1.807, 2.05) is 0 Å². The molecule has 0 radical (unpaired) electrons. The summed E-state index contributed by atoms with van der Waals surface area (Å²) in [6, 6.07) is 76.4. The molecule has 0 aliphatic carbocycles. The van der Waals surface area contributed by atoms with Gasteiger partial charge in [0, 0.05) is 33.5 Å². The molecule has 0 heterocycles. The molecule has 0 aliphatic rings. The van der Waals surface area contributed by atoms with Crippen molar-refractivity contribution in [1.82, 2.24) is 0 Å². The molecule has 0 spiro atoms. The number of hydrogen-bond acceptors (Lipinski definition) is 4. The number of methoxy groups -OCH3 is 2.